The average Bonchev–Trinajstić information content (AvgIpc) is 3.06. The minimum Gasteiger partial charge on any atom is -0.438 e. The van der Waals surface area contributed by atoms with Gasteiger partial charge < -0.3 is 4.74 Å². The Balaban J connectivity index is 1.69. The monoisotopic (exact) mass is 334 g/mol. The van der Waals surface area contributed by atoms with E-state index in [1.807, 2.05) is 66.9 Å². The number of hydrogen-bond acceptors (Lipinski definition) is 5. The predicted molar refractivity (Wildman–Crippen MR) is 94.5 cm³/mol. The van der Waals surface area contributed by atoms with Gasteiger partial charge in [-0.2, -0.15) is 4.52 Å². The molecule has 2 aromatic heterocycles. The molecular weight excluding hydrogens is 320 g/mol. The average molecular weight is 334 g/mol. The van der Waals surface area contributed by atoms with Crippen molar-refractivity contribution >= 4 is 17.4 Å². The summed E-state index contributed by atoms with van der Waals surface area (Å²) in [4.78, 5) is 1.19. The Labute approximate surface area is 143 Å². The highest BCUT2D eigenvalue weighted by molar-refractivity contribution is 7.98. The maximum Gasteiger partial charge on any atom is 0.237 e. The van der Waals surface area contributed by atoms with E-state index in [1.165, 1.54) is 4.90 Å². The molecule has 0 unspecified atom stereocenters. The Morgan fingerprint density at radius 1 is 0.875 bits per heavy atom. The number of nitrogens with zero attached hydrogens (tertiary/aromatic N) is 4. The molecule has 0 fully saturated rings. The first kappa shape index (κ1) is 14.7. The second kappa shape index (κ2) is 6.33. The van der Waals surface area contributed by atoms with Crippen LogP contribution in [-0.4, -0.2) is 26.1 Å². The molecule has 2 heterocycles. The van der Waals surface area contributed by atoms with Gasteiger partial charge in [-0.15, -0.1) is 27.1 Å². The first-order valence-electron chi connectivity index (χ1n) is 7.43. The highest BCUT2D eigenvalue weighted by Gasteiger charge is 2.10. The third kappa shape index (κ3) is 2.83. The molecule has 6 heteroatoms. The maximum absolute atomic E-state index is 5.85. The van der Waals surface area contributed by atoms with Gasteiger partial charge in [0.2, 0.25) is 5.88 Å². The van der Waals surface area contributed by atoms with E-state index in [2.05, 4.69) is 15.3 Å². The van der Waals surface area contributed by atoms with Gasteiger partial charge in [0.15, 0.2) is 11.5 Å². The minimum absolute atomic E-state index is 0.497. The lowest BCUT2D eigenvalue weighted by molar-refractivity contribution is 0.452. The van der Waals surface area contributed by atoms with Crippen LogP contribution in [0.15, 0.2) is 71.6 Å². The fourth-order valence-corrected chi connectivity index (χ4v) is 2.77. The van der Waals surface area contributed by atoms with Crippen LogP contribution in [0.1, 0.15) is 0 Å². The third-order valence-corrected chi connectivity index (χ3v) is 4.30. The summed E-state index contributed by atoms with van der Waals surface area (Å²) in [5.74, 6) is 1.93. The maximum atomic E-state index is 5.85. The summed E-state index contributed by atoms with van der Waals surface area (Å²) >= 11 is 1.69. The zero-order valence-corrected chi connectivity index (χ0v) is 13.8. The van der Waals surface area contributed by atoms with E-state index < -0.39 is 0 Å². The molecule has 4 rings (SSSR count). The van der Waals surface area contributed by atoms with Crippen LogP contribution >= 0.6 is 11.8 Å². The smallest absolute Gasteiger partial charge is 0.237 e. The van der Waals surface area contributed by atoms with Crippen LogP contribution < -0.4 is 4.74 Å². The molecule has 0 aliphatic carbocycles. The van der Waals surface area contributed by atoms with E-state index >= 15 is 0 Å². The Morgan fingerprint density at radius 2 is 1.67 bits per heavy atom. The van der Waals surface area contributed by atoms with Crippen molar-refractivity contribution < 1.29 is 4.74 Å². The van der Waals surface area contributed by atoms with Crippen LogP contribution in [0, 0.1) is 0 Å². The molecule has 0 aliphatic rings. The summed E-state index contributed by atoms with van der Waals surface area (Å²) in [6.07, 6.45) is 2.04. The highest BCUT2D eigenvalue weighted by Crippen LogP contribution is 2.24. The molecular formula is C18H14N4OS. The number of rotatable bonds is 4. The standard InChI is InChI=1S/C18H14N4OS/c1-24-15-9-7-14(8-10-15)23-17-12-11-16-19-20-18(22(16)21-17)13-5-3-2-4-6-13/h2-12H,1H3. The van der Waals surface area contributed by atoms with Crippen molar-refractivity contribution in [2.45, 2.75) is 4.90 Å². The van der Waals surface area contributed by atoms with Crippen molar-refractivity contribution in [1.82, 2.24) is 19.8 Å². The van der Waals surface area contributed by atoms with E-state index in [-0.39, 0.29) is 0 Å². The quantitative estimate of drug-likeness (QED) is 0.521. The Kier molecular flexibility index (Phi) is 3.88. The van der Waals surface area contributed by atoms with Gasteiger partial charge in [0.25, 0.3) is 0 Å². The number of fused-ring (bicyclic) bond motifs is 1. The van der Waals surface area contributed by atoms with E-state index in [9.17, 15) is 0 Å². The van der Waals surface area contributed by atoms with Crippen LogP contribution in [0.5, 0.6) is 11.6 Å². The summed E-state index contributed by atoms with van der Waals surface area (Å²) in [6.45, 7) is 0. The van der Waals surface area contributed by atoms with Gasteiger partial charge in [-0.25, -0.2) is 0 Å². The second-order valence-corrected chi connectivity index (χ2v) is 5.99. The van der Waals surface area contributed by atoms with Crippen LogP contribution in [0.25, 0.3) is 17.0 Å². The van der Waals surface area contributed by atoms with E-state index in [4.69, 9.17) is 4.74 Å². The van der Waals surface area contributed by atoms with Crippen molar-refractivity contribution in [1.29, 1.82) is 0 Å². The minimum atomic E-state index is 0.497. The lowest BCUT2D eigenvalue weighted by Crippen LogP contribution is -1.97. The van der Waals surface area contributed by atoms with Gasteiger partial charge in [0.1, 0.15) is 5.75 Å². The summed E-state index contributed by atoms with van der Waals surface area (Å²) in [5, 5.41) is 12.9. The van der Waals surface area contributed by atoms with Gasteiger partial charge in [0, 0.05) is 16.5 Å². The van der Waals surface area contributed by atoms with Crippen molar-refractivity contribution in [3.63, 3.8) is 0 Å². The van der Waals surface area contributed by atoms with Gasteiger partial charge >= 0.3 is 0 Å². The fourth-order valence-electron chi connectivity index (χ4n) is 2.36. The molecule has 0 saturated heterocycles. The number of benzene rings is 2. The normalized spacial score (nSPS) is 10.9. The number of hydrogen-bond donors (Lipinski definition) is 0. The van der Waals surface area contributed by atoms with Crippen LogP contribution in [0.3, 0.4) is 0 Å². The van der Waals surface area contributed by atoms with Crippen molar-refractivity contribution in [2.75, 3.05) is 6.26 Å². The molecule has 0 aliphatic heterocycles. The van der Waals surface area contributed by atoms with Crippen LogP contribution in [0.4, 0.5) is 0 Å². The van der Waals surface area contributed by atoms with E-state index in [0.29, 0.717) is 17.4 Å². The van der Waals surface area contributed by atoms with E-state index in [0.717, 1.165) is 11.3 Å². The fraction of sp³-hybridized carbons (Fsp3) is 0.0556. The van der Waals surface area contributed by atoms with Crippen molar-refractivity contribution in [3.8, 4) is 23.0 Å². The Bertz CT molecular complexity index is 967. The molecule has 118 valence electrons. The Hall–Kier alpha value is -2.86. The summed E-state index contributed by atoms with van der Waals surface area (Å²) in [7, 11) is 0. The topological polar surface area (TPSA) is 52.3 Å². The molecule has 0 spiro atoms. The van der Waals surface area contributed by atoms with Crippen LogP contribution in [0.2, 0.25) is 0 Å². The van der Waals surface area contributed by atoms with Crippen LogP contribution in [-0.2, 0) is 0 Å². The molecule has 0 N–H and O–H groups in total. The third-order valence-electron chi connectivity index (χ3n) is 3.55. The molecule has 0 bridgehead atoms. The molecule has 24 heavy (non-hydrogen) atoms. The SMILES string of the molecule is CSc1ccc(Oc2ccc3nnc(-c4ccccc4)n3n2)cc1. The zero-order chi connectivity index (χ0) is 16.4. The molecule has 5 nitrogen and oxygen atoms in total. The Morgan fingerprint density at radius 3 is 2.42 bits per heavy atom. The molecule has 4 aromatic rings. The van der Waals surface area contributed by atoms with Crippen molar-refractivity contribution in [2.24, 2.45) is 0 Å². The second-order valence-electron chi connectivity index (χ2n) is 5.11. The predicted octanol–water partition coefficient (Wildman–Crippen LogP) is 4.31. The van der Waals surface area contributed by atoms with Gasteiger partial charge in [-0.1, -0.05) is 30.3 Å². The molecule has 0 amide bonds. The van der Waals surface area contributed by atoms with Gasteiger partial charge in [-0.05, 0) is 36.6 Å². The highest BCUT2D eigenvalue weighted by atomic mass is 32.2. The molecule has 0 saturated carbocycles. The summed E-state index contributed by atoms with van der Waals surface area (Å²) in [5.41, 5.74) is 1.64. The number of aromatic nitrogens is 4. The van der Waals surface area contributed by atoms with E-state index in [1.54, 1.807) is 22.3 Å². The number of ether oxygens (including phenoxy) is 1. The molecule has 0 atom stereocenters. The lowest BCUT2D eigenvalue weighted by Gasteiger charge is -2.06. The largest absolute Gasteiger partial charge is 0.438 e. The molecule has 2 aromatic carbocycles. The summed E-state index contributed by atoms with van der Waals surface area (Å²) in [6, 6.07) is 21.4. The first-order chi connectivity index (χ1) is 11.8. The summed E-state index contributed by atoms with van der Waals surface area (Å²) < 4.78 is 7.54. The number of thioether (sulfide) groups is 1. The lowest BCUT2D eigenvalue weighted by atomic mass is 10.2. The van der Waals surface area contributed by atoms with Gasteiger partial charge in [0.05, 0.1) is 0 Å². The van der Waals surface area contributed by atoms with Crippen molar-refractivity contribution in [3.05, 3.63) is 66.7 Å². The molecule has 0 radical (unpaired) electrons. The first-order valence-corrected chi connectivity index (χ1v) is 8.66. The zero-order valence-electron chi connectivity index (χ0n) is 13.0. The van der Waals surface area contributed by atoms with Gasteiger partial charge in [-0.3, -0.25) is 0 Å².